The number of rotatable bonds is 6. The third-order valence-corrected chi connectivity index (χ3v) is 5.50. The SMILES string of the molecule is COc1ccc(OC)c(-n2c(-c3ccccc3)cc(C(=O)Nc3ccc(C)cc3)c2C)c1. The molecule has 0 aliphatic heterocycles. The second-order valence-corrected chi connectivity index (χ2v) is 7.59. The van der Waals surface area contributed by atoms with Gasteiger partial charge in [-0.25, -0.2) is 0 Å². The van der Waals surface area contributed by atoms with Crippen LogP contribution in [0.5, 0.6) is 11.5 Å². The van der Waals surface area contributed by atoms with Gasteiger partial charge in [-0.1, -0.05) is 48.0 Å². The minimum absolute atomic E-state index is 0.163. The number of methoxy groups -OCH3 is 2. The van der Waals surface area contributed by atoms with Crippen molar-refractivity contribution in [2.24, 2.45) is 0 Å². The van der Waals surface area contributed by atoms with Crippen LogP contribution in [0.15, 0.2) is 78.9 Å². The highest BCUT2D eigenvalue weighted by atomic mass is 16.5. The molecule has 1 amide bonds. The molecule has 0 aliphatic carbocycles. The van der Waals surface area contributed by atoms with Gasteiger partial charge in [0.15, 0.2) is 0 Å². The van der Waals surface area contributed by atoms with Crippen molar-refractivity contribution in [3.8, 4) is 28.4 Å². The number of benzene rings is 3. The van der Waals surface area contributed by atoms with Crippen molar-refractivity contribution in [3.63, 3.8) is 0 Å². The number of hydrogen-bond donors (Lipinski definition) is 1. The van der Waals surface area contributed by atoms with E-state index < -0.39 is 0 Å². The van der Waals surface area contributed by atoms with Crippen LogP contribution in [-0.2, 0) is 0 Å². The number of anilines is 1. The molecule has 0 saturated carbocycles. The molecule has 0 bridgehead atoms. The lowest BCUT2D eigenvalue weighted by molar-refractivity contribution is 0.102. The number of aryl methyl sites for hydroxylation is 1. The summed E-state index contributed by atoms with van der Waals surface area (Å²) in [5, 5.41) is 3.01. The summed E-state index contributed by atoms with van der Waals surface area (Å²) < 4.78 is 13.1. The molecule has 32 heavy (non-hydrogen) atoms. The van der Waals surface area contributed by atoms with Gasteiger partial charge in [0.1, 0.15) is 11.5 Å². The zero-order valence-corrected chi connectivity index (χ0v) is 18.7. The van der Waals surface area contributed by atoms with Gasteiger partial charge >= 0.3 is 0 Å². The molecule has 1 aromatic heterocycles. The molecule has 5 heteroatoms. The van der Waals surface area contributed by atoms with Crippen LogP contribution in [0.4, 0.5) is 5.69 Å². The Morgan fingerprint density at radius 1 is 0.844 bits per heavy atom. The first-order chi connectivity index (χ1) is 15.5. The number of amides is 1. The molecule has 5 nitrogen and oxygen atoms in total. The average molecular weight is 427 g/mol. The lowest BCUT2D eigenvalue weighted by Crippen LogP contribution is -2.13. The summed E-state index contributed by atoms with van der Waals surface area (Å²) in [4.78, 5) is 13.2. The lowest BCUT2D eigenvalue weighted by atomic mass is 10.1. The topological polar surface area (TPSA) is 52.5 Å². The molecule has 4 rings (SSSR count). The van der Waals surface area contributed by atoms with Crippen LogP contribution < -0.4 is 14.8 Å². The highest BCUT2D eigenvalue weighted by molar-refractivity contribution is 6.06. The second-order valence-electron chi connectivity index (χ2n) is 7.59. The minimum Gasteiger partial charge on any atom is -0.497 e. The van der Waals surface area contributed by atoms with E-state index in [-0.39, 0.29) is 5.91 Å². The normalized spacial score (nSPS) is 10.6. The van der Waals surface area contributed by atoms with Gasteiger partial charge in [0, 0.05) is 17.4 Å². The molecular weight excluding hydrogens is 400 g/mol. The number of hydrogen-bond acceptors (Lipinski definition) is 3. The van der Waals surface area contributed by atoms with E-state index in [4.69, 9.17) is 9.47 Å². The summed E-state index contributed by atoms with van der Waals surface area (Å²) in [5.74, 6) is 1.23. The fourth-order valence-corrected chi connectivity index (χ4v) is 3.78. The van der Waals surface area contributed by atoms with E-state index in [1.54, 1.807) is 14.2 Å². The molecule has 1 heterocycles. The molecule has 0 fully saturated rings. The molecule has 0 spiro atoms. The van der Waals surface area contributed by atoms with Crippen molar-refractivity contribution < 1.29 is 14.3 Å². The first-order valence-corrected chi connectivity index (χ1v) is 10.4. The summed E-state index contributed by atoms with van der Waals surface area (Å²) in [6.45, 7) is 3.96. The van der Waals surface area contributed by atoms with E-state index in [0.717, 1.165) is 33.9 Å². The Morgan fingerprint density at radius 2 is 1.56 bits per heavy atom. The van der Waals surface area contributed by atoms with E-state index in [2.05, 4.69) is 5.32 Å². The van der Waals surface area contributed by atoms with Crippen molar-refractivity contribution in [1.29, 1.82) is 0 Å². The number of nitrogens with one attached hydrogen (secondary N) is 1. The monoisotopic (exact) mass is 426 g/mol. The number of carbonyl (C=O) groups is 1. The Morgan fingerprint density at radius 3 is 2.22 bits per heavy atom. The van der Waals surface area contributed by atoms with Crippen LogP contribution in [0, 0.1) is 13.8 Å². The Kier molecular flexibility index (Phi) is 5.99. The summed E-state index contributed by atoms with van der Waals surface area (Å²) in [6, 6.07) is 25.3. The zero-order valence-electron chi connectivity index (χ0n) is 18.7. The van der Waals surface area contributed by atoms with Gasteiger partial charge < -0.3 is 19.4 Å². The standard InChI is InChI=1S/C27H26N2O3/c1-18-10-12-21(13-11-18)28-27(30)23-17-24(20-8-6-5-7-9-20)29(19(23)2)25-16-22(31-3)14-15-26(25)32-4/h5-17H,1-4H3,(H,28,30). The van der Waals surface area contributed by atoms with Gasteiger partial charge in [-0.2, -0.15) is 0 Å². The Bertz CT molecular complexity index is 1240. The van der Waals surface area contributed by atoms with Crippen LogP contribution >= 0.6 is 0 Å². The van der Waals surface area contributed by atoms with Crippen LogP contribution in [0.3, 0.4) is 0 Å². The van der Waals surface area contributed by atoms with Crippen molar-refractivity contribution in [1.82, 2.24) is 4.57 Å². The van der Waals surface area contributed by atoms with E-state index in [1.165, 1.54) is 0 Å². The van der Waals surface area contributed by atoms with Crippen molar-refractivity contribution in [2.75, 3.05) is 19.5 Å². The van der Waals surface area contributed by atoms with Crippen molar-refractivity contribution in [2.45, 2.75) is 13.8 Å². The Hall–Kier alpha value is -3.99. The van der Waals surface area contributed by atoms with Crippen LogP contribution in [-0.4, -0.2) is 24.7 Å². The summed E-state index contributed by atoms with van der Waals surface area (Å²) in [7, 11) is 3.27. The number of carbonyl (C=O) groups excluding carboxylic acids is 1. The molecule has 3 aromatic carbocycles. The van der Waals surface area contributed by atoms with Crippen molar-refractivity contribution in [3.05, 3.63) is 95.7 Å². The zero-order chi connectivity index (χ0) is 22.7. The van der Waals surface area contributed by atoms with Gasteiger partial charge in [-0.15, -0.1) is 0 Å². The predicted octanol–water partition coefficient (Wildman–Crippen LogP) is 6.03. The Balaban J connectivity index is 1.87. The molecule has 162 valence electrons. The first-order valence-electron chi connectivity index (χ1n) is 10.4. The molecule has 0 aliphatic rings. The van der Waals surface area contributed by atoms with Gasteiger partial charge in [0.25, 0.3) is 5.91 Å². The Labute approximate surface area is 188 Å². The lowest BCUT2D eigenvalue weighted by Gasteiger charge is -2.17. The maximum absolute atomic E-state index is 13.2. The van der Waals surface area contributed by atoms with E-state index >= 15 is 0 Å². The van der Waals surface area contributed by atoms with Gasteiger partial charge in [-0.05, 0) is 49.7 Å². The van der Waals surface area contributed by atoms with Crippen LogP contribution in [0.25, 0.3) is 16.9 Å². The molecule has 1 N–H and O–H groups in total. The molecule has 4 aromatic rings. The average Bonchev–Trinajstić information content (AvgIpc) is 3.17. The van der Waals surface area contributed by atoms with E-state index in [0.29, 0.717) is 17.1 Å². The summed E-state index contributed by atoms with van der Waals surface area (Å²) >= 11 is 0. The summed E-state index contributed by atoms with van der Waals surface area (Å²) in [6.07, 6.45) is 0. The van der Waals surface area contributed by atoms with E-state index in [9.17, 15) is 4.79 Å². The number of ether oxygens (including phenoxy) is 2. The second kappa shape index (κ2) is 9.02. The maximum atomic E-state index is 13.2. The van der Waals surface area contributed by atoms with Crippen LogP contribution in [0.1, 0.15) is 21.6 Å². The molecular formula is C27H26N2O3. The fourth-order valence-electron chi connectivity index (χ4n) is 3.78. The van der Waals surface area contributed by atoms with Crippen molar-refractivity contribution >= 4 is 11.6 Å². The third kappa shape index (κ3) is 4.10. The highest BCUT2D eigenvalue weighted by Crippen LogP contribution is 2.35. The quantitative estimate of drug-likeness (QED) is 0.409. The van der Waals surface area contributed by atoms with Gasteiger partial charge in [-0.3, -0.25) is 4.79 Å². The molecule has 0 saturated heterocycles. The predicted molar refractivity (Wildman–Crippen MR) is 128 cm³/mol. The molecule has 0 unspecified atom stereocenters. The number of nitrogens with zero attached hydrogens (tertiary/aromatic N) is 1. The number of aromatic nitrogens is 1. The van der Waals surface area contributed by atoms with E-state index in [1.807, 2.05) is 97.3 Å². The molecule has 0 radical (unpaired) electrons. The fraction of sp³-hybridized carbons (Fsp3) is 0.148. The third-order valence-electron chi connectivity index (χ3n) is 5.50. The van der Waals surface area contributed by atoms with Gasteiger partial charge in [0.05, 0.1) is 31.2 Å². The highest BCUT2D eigenvalue weighted by Gasteiger charge is 2.22. The maximum Gasteiger partial charge on any atom is 0.257 e. The van der Waals surface area contributed by atoms with Crippen LogP contribution in [0.2, 0.25) is 0 Å². The summed E-state index contributed by atoms with van der Waals surface area (Å²) in [5.41, 5.74) is 5.99. The minimum atomic E-state index is -0.163. The molecule has 0 atom stereocenters. The first kappa shape index (κ1) is 21.2. The largest absolute Gasteiger partial charge is 0.497 e. The van der Waals surface area contributed by atoms with Gasteiger partial charge in [0.2, 0.25) is 0 Å². The smallest absolute Gasteiger partial charge is 0.257 e.